The van der Waals surface area contributed by atoms with E-state index in [1.54, 1.807) is 0 Å². The highest BCUT2D eigenvalue weighted by Gasteiger charge is 2.23. The quantitative estimate of drug-likeness (QED) is 0.578. The maximum atomic E-state index is 12.0. The van der Waals surface area contributed by atoms with Crippen LogP contribution in [0.5, 0.6) is 0 Å². The van der Waals surface area contributed by atoms with Crippen molar-refractivity contribution in [3.63, 3.8) is 0 Å². The van der Waals surface area contributed by atoms with E-state index in [4.69, 9.17) is 14.6 Å². The van der Waals surface area contributed by atoms with Crippen LogP contribution < -0.4 is 0 Å². The van der Waals surface area contributed by atoms with E-state index in [2.05, 4.69) is 0 Å². The van der Waals surface area contributed by atoms with Gasteiger partial charge >= 0.3 is 11.9 Å². The molecule has 0 saturated heterocycles. The van der Waals surface area contributed by atoms with Crippen molar-refractivity contribution in [2.45, 2.75) is 39.2 Å². The predicted octanol–water partition coefficient (Wildman–Crippen LogP) is 1.33. The van der Waals surface area contributed by atoms with Crippen molar-refractivity contribution in [2.24, 2.45) is 0 Å². The standard InChI is InChI=1S/C15H23NO5/c1-4-11-10-16(7-5-6-8-17)12(9-13(18)20-2)14(11)15(19)21-3/h10,17H,4-9H2,1-3H3. The molecular weight excluding hydrogens is 274 g/mol. The minimum Gasteiger partial charge on any atom is -0.469 e. The third-order valence-electron chi connectivity index (χ3n) is 3.39. The van der Waals surface area contributed by atoms with Gasteiger partial charge in [0.15, 0.2) is 0 Å². The number of esters is 2. The summed E-state index contributed by atoms with van der Waals surface area (Å²) >= 11 is 0. The van der Waals surface area contributed by atoms with Crippen molar-refractivity contribution < 1.29 is 24.2 Å². The fourth-order valence-electron chi connectivity index (χ4n) is 2.27. The van der Waals surface area contributed by atoms with Crippen molar-refractivity contribution in [3.05, 3.63) is 23.0 Å². The first-order valence-electron chi connectivity index (χ1n) is 7.05. The Bertz CT molecular complexity index is 492. The lowest BCUT2D eigenvalue weighted by molar-refractivity contribution is -0.139. The molecule has 0 radical (unpaired) electrons. The first-order chi connectivity index (χ1) is 10.1. The predicted molar refractivity (Wildman–Crippen MR) is 77.2 cm³/mol. The van der Waals surface area contributed by atoms with E-state index in [9.17, 15) is 9.59 Å². The number of rotatable bonds is 8. The molecule has 118 valence electrons. The number of carbonyl (C=O) groups is 2. The zero-order valence-corrected chi connectivity index (χ0v) is 12.8. The van der Waals surface area contributed by atoms with Crippen molar-refractivity contribution in [3.8, 4) is 0 Å². The highest BCUT2D eigenvalue weighted by atomic mass is 16.5. The van der Waals surface area contributed by atoms with Gasteiger partial charge in [0.25, 0.3) is 0 Å². The normalized spacial score (nSPS) is 10.5. The van der Waals surface area contributed by atoms with Gasteiger partial charge in [0.2, 0.25) is 0 Å². The van der Waals surface area contributed by atoms with Crippen LogP contribution in [0, 0.1) is 0 Å². The fraction of sp³-hybridized carbons (Fsp3) is 0.600. The Morgan fingerprint density at radius 2 is 1.95 bits per heavy atom. The largest absolute Gasteiger partial charge is 0.469 e. The lowest BCUT2D eigenvalue weighted by Crippen LogP contribution is -2.15. The van der Waals surface area contributed by atoms with E-state index in [1.165, 1.54) is 14.2 Å². The zero-order chi connectivity index (χ0) is 15.8. The molecule has 0 aliphatic rings. The maximum absolute atomic E-state index is 12.0. The smallest absolute Gasteiger partial charge is 0.339 e. The number of aryl methyl sites for hydroxylation is 2. The summed E-state index contributed by atoms with van der Waals surface area (Å²) in [5, 5.41) is 8.87. The lowest BCUT2D eigenvalue weighted by Gasteiger charge is -2.10. The Hall–Kier alpha value is -1.82. The molecule has 21 heavy (non-hydrogen) atoms. The van der Waals surface area contributed by atoms with E-state index in [1.807, 2.05) is 17.7 Å². The van der Waals surface area contributed by atoms with Gasteiger partial charge in [-0.05, 0) is 24.8 Å². The summed E-state index contributed by atoms with van der Waals surface area (Å²) in [5.41, 5.74) is 1.92. The summed E-state index contributed by atoms with van der Waals surface area (Å²) in [6.45, 7) is 2.71. The molecule has 0 aliphatic carbocycles. The number of methoxy groups -OCH3 is 2. The van der Waals surface area contributed by atoms with Crippen molar-refractivity contribution in [1.29, 1.82) is 0 Å². The average Bonchev–Trinajstić information content (AvgIpc) is 2.84. The second-order valence-electron chi connectivity index (χ2n) is 4.70. The van der Waals surface area contributed by atoms with E-state index < -0.39 is 11.9 Å². The van der Waals surface area contributed by atoms with Gasteiger partial charge in [-0.2, -0.15) is 0 Å². The van der Waals surface area contributed by atoms with E-state index in [-0.39, 0.29) is 13.0 Å². The van der Waals surface area contributed by atoms with Crippen LogP contribution in [0.3, 0.4) is 0 Å². The Morgan fingerprint density at radius 3 is 2.48 bits per heavy atom. The SMILES string of the molecule is CCc1cn(CCCCO)c(CC(=O)OC)c1C(=O)OC. The molecule has 0 fully saturated rings. The molecule has 1 heterocycles. The minimum absolute atomic E-state index is 0.0278. The van der Waals surface area contributed by atoms with Gasteiger partial charge in [-0.1, -0.05) is 6.92 Å². The topological polar surface area (TPSA) is 77.8 Å². The Kier molecular flexibility index (Phi) is 6.94. The number of hydrogen-bond donors (Lipinski definition) is 1. The van der Waals surface area contributed by atoms with Crippen LogP contribution in [0.15, 0.2) is 6.20 Å². The van der Waals surface area contributed by atoms with Crippen LogP contribution in [-0.2, 0) is 33.7 Å². The van der Waals surface area contributed by atoms with Gasteiger partial charge in [-0.25, -0.2) is 4.79 Å². The van der Waals surface area contributed by atoms with E-state index in [0.29, 0.717) is 30.6 Å². The first-order valence-corrected chi connectivity index (χ1v) is 7.05. The number of unbranched alkanes of at least 4 members (excludes halogenated alkanes) is 1. The van der Waals surface area contributed by atoms with Gasteiger partial charge in [-0.15, -0.1) is 0 Å². The van der Waals surface area contributed by atoms with Gasteiger partial charge in [-0.3, -0.25) is 4.79 Å². The van der Waals surface area contributed by atoms with Crippen molar-refractivity contribution >= 4 is 11.9 Å². The zero-order valence-electron chi connectivity index (χ0n) is 12.8. The summed E-state index contributed by atoms with van der Waals surface area (Å²) in [5.74, 6) is -0.837. The highest BCUT2D eigenvalue weighted by molar-refractivity contribution is 5.94. The van der Waals surface area contributed by atoms with Crippen LogP contribution in [0.4, 0.5) is 0 Å². The van der Waals surface area contributed by atoms with E-state index in [0.717, 1.165) is 12.0 Å². The molecule has 6 heteroatoms. The maximum Gasteiger partial charge on any atom is 0.339 e. The van der Waals surface area contributed by atoms with Crippen LogP contribution in [0.2, 0.25) is 0 Å². The minimum atomic E-state index is -0.438. The second-order valence-corrected chi connectivity index (χ2v) is 4.70. The lowest BCUT2D eigenvalue weighted by atomic mass is 10.1. The average molecular weight is 297 g/mol. The third-order valence-corrected chi connectivity index (χ3v) is 3.39. The number of carbonyl (C=O) groups excluding carboxylic acids is 2. The molecular formula is C15H23NO5. The molecule has 6 nitrogen and oxygen atoms in total. The van der Waals surface area contributed by atoms with Gasteiger partial charge < -0.3 is 19.1 Å². The van der Waals surface area contributed by atoms with Crippen molar-refractivity contribution in [1.82, 2.24) is 4.57 Å². The Morgan fingerprint density at radius 1 is 1.24 bits per heavy atom. The molecule has 1 aromatic heterocycles. The van der Waals surface area contributed by atoms with Crippen molar-refractivity contribution in [2.75, 3.05) is 20.8 Å². The van der Waals surface area contributed by atoms with Crippen LogP contribution >= 0.6 is 0 Å². The molecule has 0 amide bonds. The summed E-state index contributed by atoms with van der Waals surface area (Å²) in [4.78, 5) is 23.6. The molecule has 0 saturated carbocycles. The van der Waals surface area contributed by atoms with Crippen LogP contribution in [0.25, 0.3) is 0 Å². The summed E-state index contributed by atoms with van der Waals surface area (Å²) in [6.07, 6.45) is 4.02. The number of hydrogen-bond acceptors (Lipinski definition) is 5. The van der Waals surface area contributed by atoms with E-state index >= 15 is 0 Å². The molecule has 1 N–H and O–H groups in total. The number of aliphatic hydroxyl groups is 1. The Balaban J connectivity index is 3.18. The third kappa shape index (κ3) is 4.32. The van der Waals surface area contributed by atoms with Crippen LogP contribution in [-0.4, -0.2) is 42.4 Å². The summed E-state index contributed by atoms with van der Waals surface area (Å²) in [6, 6.07) is 0. The highest BCUT2D eigenvalue weighted by Crippen LogP contribution is 2.21. The molecule has 1 rings (SSSR count). The number of nitrogens with zero attached hydrogens (tertiary/aromatic N) is 1. The first kappa shape index (κ1) is 17.2. The molecule has 1 aromatic rings. The fourth-order valence-corrected chi connectivity index (χ4v) is 2.27. The summed E-state index contributed by atoms with van der Waals surface area (Å²) in [7, 11) is 2.65. The van der Waals surface area contributed by atoms with Gasteiger partial charge in [0.05, 0.1) is 26.2 Å². The monoisotopic (exact) mass is 297 g/mol. The molecule has 0 atom stereocenters. The number of ether oxygens (including phenoxy) is 2. The van der Waals surface area contributed by atoms with Gasteiger partial charge in [0, 0.05) is 25.0 Å². The molecule has 0 aliphatic heterocycles. The summed E-state index contributed by atoms with van der Waals surface area (Å²) < 4.78 is 11.4. The molecule has 0 aromatic carbocycles. The number of aromatic nitrogens is 1. The van der Waals surface area contributed by atoms with Gasteiger partial charge in [0.1, 0.15) is 0 Å². The van der Waals surface area contributed by atoms with Crippen LogP contribution in [0.1, 0.15) is 41.4 Å². The second kappa shape index (κ2) is 8.46. The number of aliphatic hydroxyl groups excluding tert-OH is 1. The molecule has 0 bridgehead atoms. The molecule has 0 spiro atoms. The Labute approximate surface area is 124 Å². The molecule has 0 unspecified atom stereocenters.